The standard InChI is InChI=1S/C19H20N4O2S/c1-11(20)19(25)22-10-12-7-8-14-15(9-12)23-16(18(21)24)17(14)26-13-5-3-2-4-6-13/h2-9,11,23H,10,20H2,1H3,(H2,21,24)(H,22,25). The second-order valence-corrected chi connectivity index (χ2v) is 7.08. The highest BCUT2D eigenvalue weighted by molar-refractivity contribution is 7.99. The Balaban J connectivity index is 1.93. The monoisotopic (exact) mass is 368 g/mol. The maximum atomic E-state index is 11.9. The van der Waals surface area contributed by atoms with Gasteiger partial charge in [0.15, 0.2) is 0 Å². The van der Waals surface area contributed by atoms with Gasteiger partial charge in [0.1, 0.15) is 5.69 Å². The van der Waals surface area contributed by atoms with Crippen LogP contribution in [0.15, 0.2) is 58.3 Å². The number of nitrogens with two attached hydrogens (primary N) is 2. The van der Waals surface area contributed by atoms with Gasteiger partial charge >= 0.3 is 0 Å². The SMILES string of the molecule is CC(N)C(=O)NCc1ccc2c(Sc3ccccc3)c(C(N)=O)[nH]c2c1. The fourth-order valence-corrected chi connectivity index (χ4v) is 3.64. The molecule has 2 amide bonds. The van der Waals surface area contributed by atoms with Crippen LogP contribution in [0.2, 0.25) is 0 Å². The molecule has 6 nitrogen and oxygen atoms in total. The van der Waals surface area contributed by atoms with E-state index >= 15 is 0 Å². The molecular weight excluding hydrogens is 348 g/mol. The Morgan fingerprint density at radius 2 is 1.92 bits per heavy atom. The summed E-state index contributed by atoms with van der Waals surface area (Å²) in [6.45, 7) is 2.00. The van der Waals surface area contributed by atoms with Crippen molar-refractivity contribution in [3.05, 3.63) is 59.8 Å². The average molecular weight is 368 g/mol. The van der Waals surface area contributed by atoms with Crippen molar-refractivity contribution in [2.45, 2.75) is 29.3 Å². The number of H-pyrrole nitrogens is 1. The third-order valence-corrected chi connectivity index (χ3v) is 5.04. The zero-order chi connectivity index (χ0) is 18.7. The molecule has 0 saturated carbocycles. The minimum atomic E-state index is -0.556. The van der Waals surface area contributed by atoms with E-state index in [-0.39, 0.29) is 5.91 Å². The molecule has 6 N–H and O–H groups in total. The van der Waals surface area contributed by atoms with E-state index in [1.807, 2.05) is 48.5 Å². The first-order valence-corrected chi connectivity index (χ1v) is 8.98. The van der Waals surface area contributed by atoms with Crippen molar-refractivity contribution in [1.82, 2.24) is 10.3 Å². The van der Waals surface area contributed by atoms with Crippen molar-refractivity contribution < 1.29 is 9.59 Å². The van der Waals surface area contributed by atoms with Crippen LogP contribution in [0.5, 0.6) is 0 Å². The topological polar surface area (TPSA) is 114 Å². The largest absolute Gasteiger partial charge is 0.364 e. The van der Waals surface area contributed by atoms with Crippen molar-refractivity contribution in [3.63, 3.8) is 0 Å². The zero-order valence-electron chi connectivity index (χ0n) is 14.3. The Morgan fingerprint density at radius 1 is 1.19 bits per heavy atom. The molecule has 0 radical (unpaired) electrons. The van der Waals surface area contributed by atoms with Gasteiger partial charge in [-0.2, -0.15) is 0 Å². The number of nitrogens with one attached hydrogen (secondary N) is 2. The van der Waals surface area contributed by atoms with Crippen molar-refractivity contribution in [1.29, 1.82) is 0 Å². The van der Waals surface area contributed by atoms with E-state index < -0.39 is 11.9 Å². The van der Waals surface area contributed by atoms with Gasteiger partial charge in [-0.3, -0.25) is 9.59 Å². The Labute approximate surface area is 155 Å². The lowest BCUT2D eigenvalue weighted by Gasteiger charge is -2.08. The first-order chi connectivity index (χ1) is 12.5. The van der Waals surface area contributed by atoms with Crippen LogP contribution in [0.3, 0.4) is 0 Å². The predicted octanol–water partition coefficient (Wildman–Crippen LogP) is 2.38. The number of hydrogen-bond donors (Lipinski definition) is 4. The summed E-state index contributed by atoms with van der Waals surface area (Å²) in [5.74, 6) is -0.721. The zero-order valence-corrected chi connectivity index (χ0v) is 15.1. The molecule has 134 valence electrons. The highest BCUT2D eigenvalue weighted by atomic mass is 32.2. The summed E-state index contributed by atoms with van der Waals surface area (Å²) >= 11 is 1.49. The first kappa shape index (κ1) is 18.0. The van der Waals surface area contributed by atoms with E-state index in [9.17, 15) is 9.59 Å². The second kappa shape index (κ2) is 7.63. The van der Waals surface area contributed by atoms with Crippen molar-refractivity contribution in [2.24, 2.45) is 11.5 Å². The molecule has 0 bridgehead atoms. The Kier molecular flexibility index (Phi) is 5.29. The van der Waals surface area contributed by atoms with Gasteiger partial charge in [-0.05, 0) is 30.7 Å². The molecule has 3 aromatic rings. The summed E-state index contributed by atoms with van der Waals surface area (Å²) in [5, 5.41) is 3.68. The second-order valence-electron chi connectivity index (χ2n) is 5.99. The van der Waals surface area contributed by atoms with Crippen LogP contribution in [-0.2, 0) is 11.3 Å². The summed E-state index contributed by atoms with van der Waals surface area (Å²) in [4.78, 5) is 28.4. The average Bonchev–Trinajstić information content (AvgIpc) is 2.98. The van der Waals surface area contributed by atoms with Gasteiger partial charge in [-0.1, -0.05) is 42.1 Å². The lowest BCUT2D eigenvalue weighted by Crippen LogP contribution is -2.37. The molecule has 26 heavy (non-hydrogen) atoms. The Morgan fingerprint density at radius 3 is 2.58 bits per heavy atom. The molecule has 0 spiro atoms. The third kappa shape index (κ3) is 3.89. The number of benzene rings is 2. The Hall–Kier alpha value is -2.77. The smallest absolute Gasteiger partial charge is 0.266 e. The molecule has 7 heteroatoms. The van der Waals surface area contributed by atoms with Crippen molar-refractivity contribution >= 4 is 34.5 Å². The van der Waals surface area contributed by atoms with E-state index in [0.717, 1.165) is 26.3 Å². The number of hydrogen-bond acceptors (Lipinski definition) is 4. The number of fused-ring (bicyclic) bond motifs is 1. The van der Waals surface area contributed by atoms with Crippen LogP contribution in [0, 0.1) is 0 Å². The number of carbonyl (C=O) groups is 2. The minimum Gasteiger partial charge on any atom is -0.364 e. The number of aromatic nitrogens is 1. The maximum Gasteiger partial charge on any atom is 0.266 e. The normalized spacial score (nSPS) is 12.1. The van der Waals surface area contributed by atoms with E-state index in [0.29, 0.717) is 12.2 Å². The van der Waals surface area contributed by atoms with Gasteiger partial charge in [0.25, 0.3) is 5.91 Å². The van der Waals surface area contributed by atoms with Crippen molar-refractivity contribution in [3.8, 4) is 0 Å². The predicted molar refractivity (Wildman–Crippen MR) is 103 cm³/mol. The van der Waals surface area contributed by atoms with Gasteiger partial charge < -0.3 is 21.8 Å². The molecule has 3 rings (SSSR count). The summed E-state index contributed by atoms with van der Waals surface area (Å²) in [5.41, 5.74) is 13.2. The van der Waals surface area contributed by atoms with Crippen molar-refractivity contribution in [2.75, 3.05) is 0 Å². The summed E-state index contributed by atoms with van der Waals surface area (Å²) < 4.78 is 0. The van der Waals surface area contributed by atoms with Crippen LogP contribution in [0.25, 0.3) is 10.9 Å². The van der Waals surface area contributed by atoms with Crippen LogP contribution < -0.4 is 16.8 Å². The molecule has 0 aliphatic rings. The molecule has 0 saturated heterocycles. The summed E-state index contributed by atoms with van der Waals surface area (Å²) in [6.07, 6.45) is 0. The number of aromatic amines is 1. The van der Waals surface area contributed by atoms with Crippen LogP contribution in [-0.4, -0.2) is 22.8 Å². The Bertz CT molecular complexity index is 951. The molecule has 0 aliphatic carbocycles. The van der Waals surface area contributed by atoms with E-state index in [4.69, 9.17) is 11.5 Å². The van der Waals surface area contributed by atoms with Gasteiger partial charge in [-0.25, -0.2) is 0 Å². The highest BCUT2D eigenvalue weighted by Gasteiger charge is 2.17. The van der Waals surface area contributed by atoms with Gasteiger partial charge in [-0.15, -0.1) is 0 Å². The molecule has 0 aliphatic heterocycles. The lowest BCUT2D eigenvalue weighted by molar-refractivity contribution is -0.122. The van der Waals surface area contributed by atoms with E-state index in [1.54, 1.807) is 6.92 Å². The minimum absolute atomic E-state index is 0.213. The molecule has 0 fully saturated rings. The first-order valence-electron chi connectivity index (χ1n) is 8.16. The number of amides is 2. The van der Waals surface area contributed by atoms with Gasteiger partial charge in [0, 0.05) is 22.3 Å². The fraction of sp³-hybridized carbons (Fsp3) is 0.158. The number of rotatable bonds is 6. The quantitative estimate of drug-likeness (QED) is 0.535. The van der Waals surface area contributed by atoms with Gasteiger partial charge in [0.05, 0.1) is 10.9 Å². The number of carbonyl (C=O) groups excluding carboxylic acids is 2. The van der Waals surface area contributed by atoms with Crippen LogP contribution in [0.1, 0.15) is 23.0 Å². The highest BCUT2D eigenvalue weighted by Crippen LogP contribution is 2.36. The molecule has 2 aromatic carbocycles. The summed E-state index contributed by atoms with van der Waals surface area (Å²) in [6, 6.07) is 15.0. The molecule has 1 aromatic heterocycles. The van der Waals surface area contributed by atoms with Gasteiger partial charge in [0.2, 0.25) is 5.91 Å². The molecule has 1 heterocycles. The fourth-order valence-electron chi connectivity index (χ4n) is 2.56. The number of primary amides is 1. The molecule has 1 atom stereocenters. The molecular formula is C19H20N4O2S. The summed E-state index contributed by atoms with van der Waals surface area (Å²) in [7, 11) is 0. The van der Waals surface area contributed by atoms with E-state index in [2.05, 4.69) is 10.3 Å². The van der Waals surface area contributed by atoms with Crippen LogP contribution >= 0.6 is 11.8 Å². The third-order valence-electron chi connectivity index (χ3n) is 3.91. The maximum absolute atomic E-state index is 11.9. The lowest BCUT2D eigenvalue weighted by atomic mass is 10.1. The van der Waals surface area contributed by atoms with Crippen LogP contribution in [0.4, 0.5) is 0 Å². The van der Waals surface area contributed by atoms with E-state index in [1.165, 1.54) is 11.8 Å². The molecule has 1 unspecified atom stereocenters.